The lowest BCUT2D eigenvalue weighted by molar-refractivity contribution is -0.0790. The van der Waals surface area contributed by atoms with Gasteiger partial charge in [0, 0.05) is 11.6 Å². The van der Waals surface area contributed by atoms with Gasteiger partial charge in [-0.05, 0) is 61.3 Å². The molecule has 1 saturated carbocycles. The highest BCUT2D eigenvalue weighted by molar-refractivity contribution is 5.52. The first-order valence-corrected chi connectivity index (χ1v) is 7.55. The molecule has 1 aliphatic rings. The molecule has 0 unspecified atom stereocenters. The topological polar surface area (TPSA) is 0 Å². The van der Waals surface area contributed by atoms with Crippen LogP contribution in [0.3, 0.4) is 0 Å². The minimum atomic E-state index is -4.59. The molecule has 0 aromatic heterocycles. The molecule has 0 heterocycles. The van der Waals surface area contributed by atoms with E-state index in [4.69, 9.17) is 0 Å². The van der Waals surface area contributed by atoms with Crippen LogP contribution in [-0.2, 0) is 0 Å². The second kappa shape index (κ2) is 6.80. The number of benzene rings is 1. The molecule has 1 aromatic carbocycles. The highest BCUT2D eigenvalue weighted by Gasteiger charge is 2.25. The van der Waals surface area contributed by atoms with Crippen LogP contribution < -0.4 is 0 Å². The van der Waals surface area contributed by atoms with Gasteiger partial charge in [0.25, 0.3) is 0 Å². The highest BCUT2D eigenvalue weighted by Crippen LogP contribution is 2.38. The summed E-state index contributed by atoms with van der Waals surface area (Å²) in [6.45, 7) is 2.13. The predicted octanol–water partition coefficient (Wildman–Crippen LogP) is 6.22. The third kappa shape index (κ3) is 4.31. The Morgan fingerprint density at radius 2 is 1.59 bits per heavy atom. The van der Waals surface area contributed by atoms with Crippen molar-refractivity contribution in [3.63, 3.8) is 0 Å². The Morgan fingerprint density at radius 3 is 2.05 bits per heavy atom. The average molecular weight is 318 g/mol. The molecular formula is C17H19F5. The summed E-state index contributed by atoms with van der Waals surface area (Å²) in [5.41, 5.74) is -0.0861. The van der Waals surface area contributed by atoms with Crippen molar-refractivity contribution >= 4 is 6.08 Å². The van der Waals surface area contributed by atoms with Crippen molar-refractivity contribution in [2.75, 3.05) is 0 Å². The van der Waals surface area contributed by atoms with Crippen LogP contribution >= 0.6 is 0 Å². The highest BCUT2D eigenvalue weighted by atomic mass is 19.4. The Balaban J connectivity index is 2.18. The Labute approximate surface area is 127 Å². The van der Waals surface area contributed by atoms with Crippen molar-refractivity contribution < 1.29 is 22.0 Å². The Kier molecular flexibility index (Phi) is 5.24. The maximum absolute atomic E-state index is 13.9. The summed E-state index contributed by atoms with van der Waals surface area (Å²) >= 11 is 0. The zero-order valence-corrected chi connectivity index (χ0v) is 12.4. The normalized spacial score (nSPS) is 23.2. The first kappa shape index (κ1) is 17.0. The fraction of sp³-hybridized carbons (Fsp3) is 0.529. The minimum absolute atomic E-state index is 0.0902. The van der Waals surface area contributed by atoms with Gasteiger partial charge >= 0.3 is 6.18 Å². The van der Waals surface area contributed by atoms with Crippen LogP contribution in [0.1, 0.15) is 56.1 Å². The summed E-state index contributed by atoms with van der Waals surface area (Å²) < 4.78 is 64.2. The second-order valence-corrected chi connectivity index (χ2v) is 5.90. The number of halogens is 5. The molecule has 0 aliphatic heterocycles. The Bertz CT molecular complexity index is 513. The molecule has 0 bridgehead atoms. The van der Waals surface area contributed by atoms with E-state index in [9.17, 15) is 22.0 Å². The average Bonchev–Trinajstić information content (AvgIpc) is 2.45. The fourth-order valence-corrected chi connectivity index (χ4v) is 3.08. The van der Waals surface area contributed by atoms with Crippen LogP contribution in [-0.4, -0.2) is 6.18 Å². The summed E-state index contributed by atoms with van der Waals surface area (Å²) in [5, 5.41) is 0. The van der Waals surface area contributed by atoms with Gasteiger partial charge in [0.15, 0.2) is 0 Å². The lowest BCUT2D eigenvalue weighted by Gasteiger charge is -2.28. The number of hydrogen-bond acceptors (Lipinski definition) is 0. The van der Waals surface area contributed by atoms with Gasteiger partial charge in [-0.1, -0.05) is 13.3 Å². The van der Waals surface area contributed by atoms with Crippen LogP contribution in [0.2, 0.25) is 0 Å². The van der Waals surface area contributed by atoms with E-state index in [1.165, 1.54) is 12.1 Å². The zero-order valence-electron chi connectivity index (χ0n) is 12.4. The van der Waals surface area contributed by atoms with Crippen molar-refractivity contribution in [3.8, 4) is 0 Å². The molecule has 5 heteroatoms. The molecule has 0 spiro atoms. The van der Waals surface area contributed by atoms with E-state index in [-0.39, 0.29) is 12.0 Å². The quantitative estimate of drug-likeness (QED) is 0.580. The maximum Gasteiger partial charge on any atom is 0.409 e. The smallest absolute Gasteiger partial charge is 0.206 e. The predicted molar refractivity (Wildman–Crippen MR) is 76.4 cm³/mol. The van der Waals surface area contributed by atoms with Gasteiger partial charge in [0.1, 0.15) is 11.6 Å². The molecule has 1 aromatic rings. The van der Waals surface area contributed by atoms with Gasteiger partial charge in [0.2, 0.25) is 0 Å². The van der Waals surface area contributed by atoms with Crippen LogP contribution in [0.25, 0.3) is 6.08 Å². The summed E-state index contributed by atoms with van der Waals surface area (Å²) in [6, 6.07) is 2.35. The largest absolute Gasteiger partial charge is 0.409 e. The first-order chi connectivity index (χ1) is 10.3. The van der Waals surface area contributed by atoms with Crippen molar-refractivity contribution in [1.29, 1.82) is 0 Å². The number of rotatable bonds is 3. The van der Waals surface area contributed by atoms with E-state index in [0.29, 0.717) is 17.6 Å². The van der Waals surface area contributed by atoms with E-state index < -0.39 is 23.4 Å². The van der Waals surface area contributed by atoms with Gasteiger partial charge < -0.3 is 0 Å². The molecule has 0 saturated heterocycles. The first-order valence-electron chi connectivity index (χ1n) is 7.55. The number of allylic oxidation sites excluding steroid dienone is 1. The molecule has 2 rings (SSSR count). The van der Waals surface area contributed by atoms with Crippen molar-refractivity contribution in [3.05, 3.63) is 41.0 Å². The third-order valence-corrected chi connectivity index (χ3v) is 4.44. The number of hydrogen-bond donors (Lipinski definition) is 0. The van der Waals surface area contributed by atoms with Crippen LogP contribution in [0.4, 0.5) is 22.0 Å². The van der Waals surface area contributed by atoms with E-state index >= 15 is 0 Å². The van der Waals surface area contributed by atoms with E-state index in [2.05, 4.69) is 6.92 Å². The molecular weight excluding hydrogens is 299 g/mol. The molecule has 0 radical (unpaired) electrons. The van der Waals surface area contributed by atoms with Crippen LogP contribution in [0.15, 0.2) is 18.2 Å². The second-order valence-electron chi connectivity index (χ2n) is 5.90. The Morgan fingerprint density at radius 1 is 1.05 bits per heavy atom. The Hall–Kier alpha value is -1.39. The lowest BCUT2D eigenvalue weighted by atomic mass is 9.77. The monoisotopic (exact) mass is 318 g/mol. The molecule has 122 valence electrons. The van der Waals surface area contributed by atoms with Gasteiger partial charge in [-0.25, -0.2) is 8.78 Å². The molecule has 0 N–H and O–H groups in total. The molecule has 0 nitrogen and oxygen atoms in total. The molecule has 0 amide bonds. The molecule has 1 aliphatic carbocycles. The SMILES string of the molecule is CCC1CCC(c2cc(F)c(C=CC(F)(F)F)c(F)c2)CC1. The standard InChI is InChI=1S/C17H19F5/c1-2-11-3-5-12(6-4-11)13-9-15(18)14(16(19)10-13)7-8-17(20,21)22/h7-12H,2-6H2,1H3. The van der Waals surface area contributed by atoms with Crippen molar-refractivity contribution in [2.24, 2.45) is 5.92 Å². The zero-order chi connectivity index (χ0) is 16.3. The number of alkyl halides is 3. The van der Waals surface area contributed by atoms with E-state index in [0.717, 1.165) is 32.1 Å². The summed E-state index contributed by atoms with van der Waals surface area (Å²) in [6.07, 6.45) is 0.611. The summed E-state index contributed by atoms with van der Waals surface area (Å²) in [7, 11) is 0. The van der Waals surface area contributed by atoms with Crippen molar-refractivity contribution in [2.45, 2.75) is 51.1 Å². The third-order valence-electron chi connectivity index (χ3n) is 4.44. The summed E-state index contributed by atoms with van der Waals surface area (Å²) in [4.78, 5) is 0. The lowest BCUT2D eigenvalue weighted by Crippen LogP contribution is -2.13. The van der Waals surface area contributed by atoms with Crippen molar-refractivity contribution in [1.82, 2.24) is 0 Å². The van der Waals surface area contributed by atoms with E-state index in [1.807, 2.05) is 0 Å². The van der Waals surface area contributed by atoms with Gasteiger partial charge in [-0.3, -0.25) is 0 Å². The summed E-state index contributed by atoms with van der Waals surface area (Å²) in [5.74, 6) is -1.12. The molecule has 1 fully saturated rings. The van der Waals surface area contributed by atoms with Crippen LogP contribution in [0.5, 0.6) is 0 Å². The molecule has 22 heavy (non-hydrogen) atoms. The van der Waals surface area contributed by atoms with E-state index in [1.54, 1.807) is 0 Å². The molecule has 0 atom stereocenters. The maximum atomic E-state index is 13.9. The minimum Gasteiger partial charge on any atom is -0.206 e. The van der Waals surface area contributed by atoms with Crippen LogP contribution in [0, 0.1) is 17.6 Å². The van der Waals surface area contributed by atoms with Gasteiger partial charge in [-0.15, -0.1) is 0 Å². The van der Waals surface area contributed by atoms with Gasteiger partial charge in [0.05, 0.1) is 0 Å². The van der Waals surface area contributed by atoms with Gasteiger partial charge in [-0.2, -0.15) is 13.2 Å². The fourth-order valence-electron chi connectivity index (χ4n) is 3.08.